The number of amides is 3. The van der Waals surface area contributed by atoms with E-state index in [-0.39, 0.29) is 23.6 Å². The number of hydrogen-bond donors (Lipinski definition) is 1. The second kappa shape index (κ2) is 10.9. The highest BCUT2D eigenvalue weighted by Crippen LogP contribution is 2.24. The van der Waals surface area contributed by atoms with Gasteiger partial charge in [0, 0.05) is 37.3 Å². The third-order valence-corrected chi connectivity index (χ3v) is 6.03. The van der Waals surface area contributed by atoms with Crippen molar-refractivity contribution in [2.45, 2.75) is 32.7 Å². The minimum absolute atomic E-state index is 0.0904. The molecule has 2 aromatic carbocycles. The fourth-order valence-corrected chi connectivity index (χ4v) is 4.17. The van der Waals surface area contributed by atoms with E-state index in [0.29, 0.717) is 50.1 Å². The zero-order chi connectivity index (χ0) is 23.1. The zero-order valence-electron chi connectivity index (χ0n) is 18.6. The van der Waals surface area contributed by atoms with Crippen molar-refractivity contribution >= 4 is 17.7 Å². The maximum absolute atomic E-state index is 13.5. The number of piperidine rings is 1. The minimum atomic E-state index is -0.658. The molecule has 1 N–H and O–H groups in total. The molecular formula is C25H30FN3O3. The maximum atomic E-state index is 13.5. The molecule has 170 valence electrons. The van der Waals surface area contributed by atoms with Crippen molar-refractivity contribution in [1.29, 1.82) is 0 Å². The van der Waals surface area contributed by atoms with Gasteiger partial charge in [0.05, 0.1) is 0 Å². The van der Waals surface area contributed by atoms with Gasteiger partial charge < -0.3 is 15.1 Å². The molecule has 0 bridgehead atoms. The van der Waals surface area contributed by atoms with Gasteiger partial charge >= 0.3 is 0 Å². The first-order valence-electron chi connectivity index (χ1n) is 11.1. The summed E-state index contributed by atoms with van der Waals surface area (Å²) in [5.41, 5.74) is 0.820. The lowest BCUT2D eigenvalue weighted by Gasteiger charge is -2.37. The van der Waals surface area contributed by atoms with Gasteiger partial charge in [0.1, 0.15) is 11.9 Å². The standard InChI is InChI=1S/C25H30FN3O3/c1-3-28(4-2)25(32)22(27-23(30)19-9-6-5-7-10-19)18-13-15-29(16-14-18)24(31)20-11-8-12-21(26)17-20/h5-12,17-18,22H,3-4,13-16H2,1-2H3,(H,27,30). The second-order valence-electron chi connectivity index (χ2n) is 7.97. The molecule has 0 aliphatic carbocycles. The second-order valence-corrected chi connectivity index (χ2v) is 7.97. The summed E-state index contributed by atoms with van der Waals surface area (Å²) in [6, 6.07) is 13.8. The molecule has 0 radical (unpaired) electrons. The molecule has 7 heteroatoms. The van der Waals surface area contributed by atoms with Gasteiger partial charge in [0.25, 0.3) is 11.8 Å². The Morgan fingerprint density at radius 1 is 1.00 bits per heavy atom. The molecule has 3 rings (SSSR count). The molecule has 0 spiro atoms. The fraction of sp³-hybridized carbons (Fsp3) is 0.400. The number of likely N-dealkylation sites (tertiary alicyclic amines) is 1. The number of hydrogen-bond acceptors (Lipinski definition) is 3. The first-order chi connectivity index (χ1) is 15.4. The highest BCUT2D eigenvalue weighted by Gasteiger charge is 2.35. The lowest BCUT2D eigenvalue weighted by molar-refractivity contribution is -0.134. The van der Waals surface area contributed by atoms with Gasteiger partial charge in [-0.15, -0.1) is 0 Å². The lowest BCUT2D eigenvalue weighted by atomic mass is 9.87. The molecule has 1 fully saturated rings. The van der Waals surface area contributed by atoms with E-state index in [1.165, 1.54) is 18.2 Å². The van der Waals surface area contributed by atoms with E-state index in [0.717, 1.165) is 0 Å². The summed E-state index contributed by atoms with van der Waals surface area (Å²) >= 11 is 0. The van der Waals surface area contributed by atoms with Crippen molar-refractivity contribution in [2.24, 2.45) is 5.92 Å². The number of benzene rings is 2. The van der Waals surface area contributed by atoms with E-state index in [1.807, 2.05) is 19.9 Å². The summed E-state index contributed by atoms with van der Waals surface area (Å²) in [5, 5.41) is 2.95. The van der Waals surface area contributed by atoms with E-state index in [9.17, 15) is 18.8 Å². The van der Waals surface area contributed by atoms with E-state index in [1.54, 1.807) is 40.1 Å². The van der Waals surface area contributed by atoms with Crippen molar-refractivity contribution in [3.63, 3.8) is 0 Å². The Kier molecular flexibility index (Phi) is 7.98. The summed E-state index contributed by atoms with van der Waals surface area (Å²) in [4.78, 5) is 42.2. The van der Waals surface area contributed by atoms with Crippen LogP contribution >= 0.6 is 0 Å². The Morgan fingerprint density at radius 2 is 1.62 bits per heavy atom. The van der Waals surface area contributed by atoms with Crippen LogP contribution in [0.3, 0.4) is 0 Å². The normalized spacial score (nSPS) is 15.2. The molecule has 1 atom stereocenters. The van der Waals surface area contributed by atoms with Crippen LogP contribution in [0.4, 0.5) is 4.39 Å². The predicted molar refractivity (Wildman–Crippen MR) is 121 cm³/mol. The third kappa shape index (κ3) is 5.52. The van der Waals surface area contributed by atoms with Crippen LogP contribution in [0.15, 0.2) is 54.6 Å². The summed E-state index contributed by atoms with van der Waals surface area (Å²) in [5.74, 6) is -1.14. The van der Waals surface area contributed by atoms with Crippen molar-refractivity contribution in [1.82, 2.24) is 15.1 Å². The molecule has 1 saturated heterocycles. The van der Waals surface area contributed by atoms with Crippen LogP contribution in [0.25, 0.3) is 0 Å². The number of nitrogens with zero attached hydrogens (tertiary/aromatic N) is 2. The first-order valence-corrected chi connectivity index (χ1v) is 11.1. The molecular weight excluding hydrogens is 409 g/mol. The SMILES string of the molecule is CCN(CC)C(=O)C(NC(=O)c1ccccc1)C1CCN(C(=O)c2cccc(F)c2)CC1. The van der Waals surface area contributed by atoms with Gasteiger partial charge in [-0.2, -0.15) is 0 Å². The molecule has 0 saturated carbocycles. The number of likely N-dealkylation sites (N-methyl/N-ethyl adjacent to an activating group) is 1. The maximum Gasteiger partial charge on any atom is 0.253 e. The van der Waals surface area contributed by atoms with Gasteiger partial charge in [-0.25, -0.2) is 4.39 Å². The van der Waals surface area contributed by atoms with Gasteiger partial charge in [0.15, 0.2) is 0 Å². The predicted octanol–water partition coefficient (Wildman–Crippen LogP) is 3.34. The highest BCUT2D eigenvalue weighted by atomic mass is 19.1. The molecule has 1 aliphatic rings. The highest BCUT2D eigenvalue weighted by molar-refractivity contribution is 5.97. The van der Waals surface area contributed by atoms with Gasteiger partial charge in [-0.1, -0.05) is 24.3 Å². The van der Waals surface area contributed by atoms with Gasteiger partial charge in [-0.05, 0) is 62.9 Å². The Bertz CT molecular complexity index is 938. The molecule has 2 aromatic rings. The summed E-state index contributed by atoms with van der Waals surface area (Å²) in [6.07, 6.45) is 1.15. The molecule has 1 unspecified atom stereocenters. The molecule has 0 aromatic heterocycles. The molecule has 6 nitrogen and oxygen atoms in total. The zero-order valence-corrected chi connectivity index (χ0v) is 18.6. The number of carbonyl (C=O) groups is 3. The first kappa shape index (κ1) is 23.4. The van der Waals surface area contributed by atoms with E-state index >= 15 is 0 Å². The number of carbonyl (C=O) groups excluding carboxylic acids is 3. The van der Waals surface area contributed by atoms with E-state index < -0.39 is 11.9 Å². The fourth-order valence-electron chi connectivity index (χ4n) is 4.17. The Morgan fingerprint density at radius 3 is 2.22 bits per heavy atom. The largest absolute Gasteiger partial charge is 0.341 e. The minimum Gasteiger partial charge on any atom is -0.341 e. The van der Waals surface area contributed by atoms with Gasteiger partial charge in [0.2, 0.25) is 5.91 Å². The van der Waals surface area contributed by atoms with Crippen LogP contribution in [-0.2, 0) is 4.79 Å². The molecule has 1 aliphatic heterocycles. The van der Waals surface area contributed by atoms with Crippen molar-refractivity contribution in [3.8, 4) is 0 Å². The molecule has 3 amide bonds. The number of rotatable bonds is 7. The Labute approximate surface area is 188 Å². The average Bonchev–Trinajstić information content (AvgIpc) is 2.83. The number of nitrogens with one attached hydrogen (secondary N) is 1. The summed E-state index contributed by atoms with van der Waals surface area (Å²) in [6.45, 7) is 5.84. The van der Waals surface area contributed by atoms with Crippen LogP contribution in [0.5, 0.6) is 0 Å². The van der Waals surface area contributed by atoms with Crippen LogP contribution in [0.1, 0.15) is 47.4 Å². The monoisotopic (exact) mass is 439 g/mol. The quantitative estimate of drug-likeness (QED) is 0.719. The van der Waals surface area contributed by atoms with E-state index in [4.69, 9.17) is 0 Å². The third-order valence-electron chi connectivity index (χ3n) is 6.03. The average molecular weight is 440 g/mol. The summed E-state index contributed by atoms with van der Waals surface area (Å²) < 4.78 is 13.5. The Balaban J connectivity index is 1.72. The van der Waals surface area contributed by atoms with E-state index in [2.05, 4.69) is 5.32 Å². The van der Waals surface area contributed by atoms with Crippen molar-refractivity contribution < 1.29 is 18.8 Å². The lowest BCUT2D eigenvalue weighted by Crippen LogP contribution is -2.54. The molecule has 32 heavy (non-hydrogen) atoms. The smallest absolute Gasteiger partial charge is 0.253 e. The van der Waals surface area contributed by atoms with Crippen molar-refractivity contribution in [2.75, 3.05) is 26.2 Å². The van der Waals surface area contributed by atoms with Gasteiger partial charge in [-0.3, -0.25) is 14.4 Å². The molecule has 1 heterocycles. The van der Waals surface area contributed by atoms with Crippen LogP contribution in [0.2, 0.25) is 0 Å². The van der Waals surface area contributed by atoms with Crippen LogP contribution < -0.4 is 5.32 Å². The Hall–Kier alpha value is -3.22. The van der Waals surface area contributed by atoms with Crippen LogP contribution in [0, 0.1) is 11.7 Å². The topological polar surface area (TPSA) is 69.7 Å². The number of halogens is 1. The van der Waals surface area contributed by atoms with Crippen LogP contribution in [-0.4, -0.2) is 59.7 Å². The summed E-state index contributed by atoms with van der Waals surface area (Å²) in [7, 11) is 0. The van der Waals surface area contributed by atoms with Crippen molar-refractivity contribution in [3.05, 3.63) is 71.5 Å².